The topological polar surface area (TPSA) is 49.4 Å². The molecule has 0 aliphatic rings. The van der Waals surface area contributed by atoms with E-state index < -0.39 is 5.97 Å². The van der Waals surface area contributed by atoms with E-state index in [1.54, 1.807) is 6.08 Å². The smallest absolute Gasteiger partial charge is 0.0668 e. The predicted octanol–water partition coefficient (Wildman–Crippen LogP) is 0.109. The molecule has 64 valence electrons. The summed E-state index contributed by atoms with van der Waals surface area (Å²) in [5.41, 5.74) is 0.268. The van der Waals surface area contributed by atoms with E-state index >= 15 is 0 Å². The number of hydrogen-bond donors (Lipinski definition) is 0. The zero-order valence-electron chi connectivity index (χ0n) is 6.92. The van der Waals surface area contributed by atoms with Gasteiger partial charge in [-0.2, -0.15) is 0 Å². The van der Waals surface area contributed by atoms with Gasteiger partial charge in [0.05, 0.1) is 12.6 Å². The lowest BCUT2D eigenvalue weighted by Crippen LogP contribution is -2.23. The van der Waals surface area contributed by atoms with Crippen LogP contribution in [0.2, 0.25) is 0 Å². The second-order valence-electron chi connectivity index (χ2n) is 2.16. The van der Waals surface area contributed by atoms with E-state index in [-0.39, 0.29) is 5.57 Å². The molecule has 0 fully saturated rings. The summed E-state index contributed by atoms with van der Waals surface area (Å²) in [6, 6.07) is 0. The molecule has 11 heavy (non-hydrogen) atoms. The van der Waals surface area contributed by atoms with Crippen molar-refractivity contribution < 1.29 is 14.6 Å². The quantitative estimate of drug-likeness (QED) is 0.420. The molecule has 0 saturated heterocycles. The average molecular weight is 157 g/mol. The number of hydrogen-bond acceptors (Lipinski definition) is 3. The van der Waals surface area contributed by atoms with Crippen LogP contribution in [0.1, 0.15) is 20.3 Å². The number of rotatable bonds is 5. The second-order valence-corrected chi connectivity index (χ2v) is 2.16. The number of carboxylic acids is 1. The Balaban J connectivity index is 3.48. The first kappa shape index (κ1) is 10.2. The monoisotopic (exact) mass is 157 g/mol. The molecule has 0 unspecified atom stereocenters. The first-order chi connectivity index (χ1) is 5.18. The minimum Gasteiger partial charge on any atom is -0.545 e. The Kier molecular flexibility index (Phi) is 5.47. The predicted molar refractivity (Wildman–Crippen MR) is 39.9 cm³/mol. The molecule has 0 aliphatic carbocycles. The SMILES string of the molecule is CCOCC/C=C(\C)C(=O)[O-]. The van der Waals surface area contributed by atoms with Crippen LogP contribution >= 0.6 is 0 Å². The Morgan fingerprint density at radius 2 is 2.27 bits per heavy atom. The first-order valence-electron chi connectivity index (χ1n) is 3.64. The van der Waals surface area contributed by atoms with Crippen molar-refractivity contribution in [2.75, 3.05) is 13.2 Å². The molecule has 0 amide bonds. The fourth-order valence-corrected chi connectivity index (χ4v) is 0.586. The maximum absolute atomic E-state index is 10.1. The van der Waals surface area contributed by atoms with Gasteiger partial charge in [-0.1, -0.05) is 6.08 Å². The Hall–Kier alpha value is -0.830. The van der Waals surface area contributed by atoms with Crippen LogP contribution in [0, 0.1) is 0 Å². The Morgan fingerprint density at radius 3 is 2.73 bits per heavy atom. The van der Waals surface area contributed by atoms with Crippen LogP contribution in [0.3, 0.4) is 0 Å². The lowest BCUT2D eigenvalue weighted by atomic mass is 10.2. The number of carbonyl (C=O) groups is 1. The van der Waals surface area contributed by atoms with Crippen molar-refractivity contribution in [1.82, 2.24) is 0 Å². The van der Waals surface area contributed by atoms with Crippen LogP contribution in [-0.4, -0.2) is 19.2 Å². The number of ether oxygens (including phenoxy) is 1. The maximum Gasteiger partial charge on any atom is 0.0668 e. The third-order valence-electron chi connectivity index (χ3n) is 1.24. The Morgan fingerprint density at radius 1 is 1.64 bits per heavy atom. The first-order valence-corrected chi connectivity index (χ1v) is 3.64. The molecule has 0 saturated carbocycles. The summed E-state index contributed by atoms with van der Waals surface area (Å²) in [6.45, 7) is 4.65. The highest BCUT2D eigenvalue weighted by Gasteiger charge is 1.87. The highest BCUT2D eigenvalue weighted by Crippen LogP contribution is 1.93. The Bertz CT molecular complexity index is 149. The molecule has 0 aromatic rings. The van der Waals surface area contributed by atoms with Gasteiger partial charge in [-0.25, -0.2) is 0 Å². The zero-order chi connectivity index (χ0) is 8.69. The van der Waals surface area contributed by atoms with Crippen LogP contribution in [0.4, 0.5) is 0 Å². The fraction of sp³-hybridized carbons (Fsp3) is 0.625. The third kappa shape index (κ3) is 5.61. The van der Waals surface area contributed by atoms with Crippen LogP contribution < -0.4 is 5.11 Å². The van der Waals surface area contributed by atoms with E-state index in [1.807, 2.05) is 6.92 Å². The maximum atomic E-state index is 10.1. The minimum atomic E-state index is -1.11. The minimum absolute atomic E-state index is 0.268. The van der Waals surface area contributed by atoms with Crippen molar-refractivity contribution in [3.8, 4) is 0 Å². The molecule has 3 heteroatoms. The highest BCUT2D eigenvalue weighted by molar-refractivity contribution is 5.83. The summed E-state index contributed by atoms with van der Waals surface area (Å²) in [5, 5.41) is 10.1. The summed E-state index contributed by atoms with van der Waals surface area (Å²) in [4.78, 5) is 10.1. The van der Waals surface area contributed by atoms with E-state index in [9.17, 15) is 9.90 Å². The van der Waals surface area contributed by atoms with Crippen molar-refractivity contribution in [2.45, 2.75) is 20.3 Å². The number of carbonyl (C=O) groups excluding carboxylic acids is 1. The summed E-state index contributed by atoms with van der Waals surface area (Å²) >= 11 is 0. The normalized spacial score (nSPS) is 11.6. The van der Waals surface area contributed by atoms with Crippen molar-refractivity contribution in [1.29, 1.82) is 0 Å². The van der Waals surface area contributed by atoms with E-state index in [4.69, 9.17) is 4.74 Å². The molecular weight excluding hydrogens is 144 g/mol. The molecule has 0 atom stereocenters. The molecule has 0 aromatic heterocycles. The lowest BCUT2D eigenvalue weighted by Gasteiger charge is -2.01. The van der Waals surface area contributed by atoms with Crippen molar-refractivity contribution >= 4 is 5.97 Å². The van der Waals surface area contributed by atoms with Gasteiger partial charge in [-0.15, -0.1) is 0 Å². The number of carboxylic acid groups (broad SMARTS) is 1. The average Bonchev–Trinajstić information content (AvgIpc) is 1.97. The van der Waals surface area contributed by atoms with Crippen LogP contribution in [-0.2, 0) is 9.53 Å². The highest BCUT2D eigenvalue weighted by atomic mass is 16.5. The molecular formula is C8H13O3-. The van der Waals surface area contributed by atoms with E-state index in [0.29, 0.717) is 19.6 Å². The molecule has 0 aromatic carbocycles. The fourth-order valence-electron chi connectivity index (χ4n) is 0.586. The van der Waals surface area contributed by atoms with Gasteiger partial charge in [0, 0.05) is 6.61 Å². The summed E-state index contributed by atoms with van der Waals surface area (Å²) in [5.74, 6) is -1.11. The lowest BCUT2D eigenvalue weighted by molar-refractivity contribution is -0.299. The molecule has 0 N–H and O–H groups in total. The van der Waals surface area contributed by atoms with Gasteiger partial charge in [0.2, 0.25) is 0 Å². The van der Waals surface area contributed by atoms with Gasteiger partial charge in [0.15, 0.2) is 0 Å². The molecule has 0 bridgehead atoms. The van der Waals surface area contributed by atoms with Gasteiger partial charge in [-0.05, 0) is 25.8 Å². The van der Waals surface area contributed by atoms with Gasteiger partial charge in [-0.3, -0.25) is 0 Å². The second kappa shape index (κ2) is 5.92. The summed E-state index contributed by atoms with van der Waals surface area (Å²) < 4.78 is 5.01. The summed E-state index contributed by atoms with van der Waals surface area (Å²) in [7, 11) is 0. The van der Waals surface area contributed by atoms with Crippen molar-refractivity contribution in [3.05, 3.63) is 11.6 Å². The molecule has 0 rings (SSSR count). The van der Waals surface area contributed by atoms with Gasteiger partial charge >= 0.3 is 0 Å². The van der Waals surface area contributed by atoms with E-state index in [2.05, 4.69) is 0 Å². The van der Waals surface area contributed by atoms with Gasteiger partial charge in [0.25, 0.3) is 0 Å². The van der Waals surface area contributed by atoms with Gasteiger partial charge in [0.1, 0.15) is 0 Å². The van der Waals surface area contributed by atoms with Crippen molar-refractivity contribution in [3.63, 3.8) is 0 Å². The van der Waals surface area contributed by atoms with Crippen molar-refractivity contribution in [2.24, 2.45) is 0 Å². The number of aliphatic carboxylic acids is 1. The Labute approximate surface area is 66.7 Å². The molecule has 0 radical (unpaired) electrons. The molecule has 0 heterocycles. The standard InChI is InChI=1S/C8H14O3/c1-3-11-6-4-5-7(2)8(9)10/h5H,3-4,6H2,1-2H3,(H,9,10)/p-1/b7-5+. The molecule has 3 nitrogen and oxygen atoms in total. The third-order valence-corrected chi connectivity index (χ3v) is 1.24. The zero-order valence-corrected chi connectivity index (χ0v) is 6.92. The molecule has 0 spiro atoms. The van der Waals surface area contributed by atoms with Crippen LogP contribution in [0.15, 0.2) is 11.6 Å². The van der Waals surface area contributed by atoms with Gasteiger partial charge < -0.3 is 14.6 Å². The largest absolute Gasteiger partial charge is 0.545 e. The van der Waals surface area contributed by atoms with Crippen LogP contribution in [0.5, 0.6) is 0 Å². The van der Waals surface area contributed by atoms with Crippen LogP contribution in [0.25, 0.3) is 0 Å². The molecule has 0 aliphatic heterocycles. The van der Waals surface area contributed by atoms with E-state index in [1.165, 1.54) is 6.92 Å². The van der Waals surface area contributed by atoms with E-state index in [0.717, 1.165) is 0 Å². The summed E-state index contributed by atoms with van der Waals surface area (Å²) in [6.07, 6.45) is 2.23.